The van der Waals surface area contributed by atoms with Crippen LogP contribution in [0.3, 0.4) is 0 Å². The first-order valence-corrected chi connectivity index (χ1v) is 11.9. The smallest absolute Gasteiger partial charge is 0.251 e. The van der Waals surface area contributed by atoms with Crippen molar-refractivity contribution < 1.29 is 27.3 Å². The molecule has 7 nitrogen and oxygen atoms in total. The molecule has 2 atom stereocenters. The summed E-state index contributed by atoms with van der Waals surface area (Å²) in [7, 11) is -2.91. The molecule has 2 fully saturated rings. The van der Waals surface area contributed by atoms with E-state index in [0.29, 0.717) is 38.2 Å². The first kappa shape index (κ1) is 21.7. The van der Waals surface area contributed by atoms with Crippen molar-refractivity contribution in [2.24, 2.45) is 5.92 Å². The Morgan fingerprint density at radius 3 is 2.31 bits per heavy atom. The maximum atomic E-state index is 13.1. The summed E-state index contributed by atoms with van der Waals surface area (Å²) in [5.41, 5.74) is 0.307. The summed E-state index contributed by atoms with van der Waals surface area (Å²) >= 11 is 0. The number of halogens is 1. The van der Waals surface area contributed by atoms with E-state index in [1.807, 2.05) is 13.8 Å². The number of carbonyl (C=O) groups excluding carboxylic acids is 2. The zero-order chi connectivity index (χ0) is 21.2. The van der Waals surface area contributed by atoms with Gasteiger partial charge < -0.3 is 15.1 Å². The van der Waals surface area contributed by atoms with Crippen LogP contribution in [0.5, 0.6) is 0 Å². The number of nitrogens with one attached hydrogen (secondary N) is 2. The average molecular weight is 427 g/mol. The minimum atomic E-state index is -2.91. The zero-order valence-electron chi connectivity index (χ0n) is 16.9. The van der Waals surface area contributed by atoms with E-state index in [2.05, 4.69) is 5.32 Å². The molecule has 3 rings (SSSR count). The number of nitrogens with zero attached hydrogens (tertiary/aromatic N) is 1. The van der Waals surface area contributed by atoms with Crippen molar-refractivity contribution in [2.75, 3.05) is 37.7 Å². The van der Waals surface area contributed by atoms with Gasteiger partial charge in [0.15, 0.2) is 9.84 Å². The molecule has 0 saturated carbocycles. The average Bonchev–Trinajstić information content (AvgIpc) is 3.05. The van der Waals surface area contributed by atoms with Gasteiger partial charge in [0.25, 0.3) is 5.91 Å². The van der Waals surface area contributed by atoms with E-state index in [4.69, 9.17) is 0 Å². The van der Waals surface area contributed by atoms with Gasteiger partial charge in [-0.1, -0.05) is 13.8 Å². The van der Waals surface area contributed by atoms with Gasteiger partial charge in [0.05, 0.1) is 31.9 Å². The Kier molecular flexibility index (Phi) is 6.58. The summed E-state index contributed by atoms with van der Waals surface area (Å²) in [4.78, 5) is 28.5. The lowest BCUT2D eigenvalue weighted by atomic mass is 10.0. The molecule has 2 saturated heterocycles. The van der Waals surface area contributed by atoms with Gasteiger partial charge >= 0.3 is 0 Å². The molecular weight excluding hydrogens is 397 g/mol. The largest absolute Gasteiger partial charge is 0.340 e. The van der Waals surface area contributed by atoms with Crippen molar-refractivity contribution in [3.63, 3.8) is 0 Å². The Balaban J connectivity index is 1.58. The van der Waals surface area contributed by atoms with E-state index in [0.717, 1.165) is 0 Å². The molecule has 9 heteroatoms. The molecule has 0 radical (unpaired) electrons. The summed E-state index contributed by atoms with van der Waals surface area (Å²) in [5, 5.41) is 2.79. The Hall–Kier alpha value is -2.00. The van der Waals surface area contributed by atoms with Crippen LogP contribution in [0.4, 0.5) is 4.39 Å². The van der Waals surface area contributed by atoms with Gasteiger partial charge in [0.1, 0.15) is 23.7 Å². The van der Waals surface area contributed by atoms with Crippen LogP contribution in [-0.4, -0.2) is 74.9 Å². The highest BCUT2D eigenvalue weighted by molar-refractivity contribution is 7.91. The predicted molar refractivity (Wildman–Crippen MR) is 107 cm³/mol. The zero-order valence-corrected chi connectivity index (χ0v) is 17.7. The monoisotopic (exact) mass is 426 g/mol. The first-order chi connectivity index (χ1) is 13.7. The molecule has 2 amide bonds. The van der Waals surface area contributed by atoms with Crippen molar-refractivity contribution in [1.82, 2.24) is 10.2 Å². The van der Waals surface area contributed by atoms with Crippen LogP contribution in [0, 0.1) is 11.7 Å². The lowest BCUT2D eigenvalue weighted by molar-refractivity contribution is -0.925. The molecule has 1 aromatic carbocycles. The quantitative estimate of drug-likeness (QED) is 0.664. The Morgan fingerprint density at radius 1 is 1.17 bits per heavy atom. The van der Waals surface area contributed by atoms with E-state index < -0.39 is 27.6 Å². The fourth-order valence-corrected chi connectivity index (χ4v) is 5.90. The van der Waals surface area contributed by atoms with Crippen LogP contribution >= 0.6 is 0 Å². The molecule has 2 heterocycles. The van der Waals surface area contributed by atoms with Crippen molar-refractivity contribution in [3.05, 3.63) is 35.6 Å². The maximum Gasteiger partial charge on any atom is 0.251 e. The topological polar surface area (TPSA) is 88.0 Å². The molecule has 0 spiro atoms. The lowest BCUT2D eigenvalue weighted by Crippen LogP contribution is -3.18. The highest BCUT2D eigenvalue weighted by Crippen LogP contribution is 2.12. The minimum absolute atomic E-state index is 0.0998. The molecule has 2 N–H and O–H groups in total. The van der Waals surface area contributed by atoms with Gasteiger partial charge in [0.2, 0.25) is 5.91 Å². The van der Waals surface area contributed by atoms with E-state index in [1.54, 1.807) is 4.90 Å². The molecule has 1 aromatic rings. The standard InChI is InChI=1S/C20H28FN3O4S/c1-14(2)18(22-19(25)15-3-5-16(21)6-4-15)20(26)24-10-8-23(9-11-24)17-7-12-29(27,28)13-17/h3-6,14,17-18H,7-13H2,1-2H3,(H,22,25)/p+1/t17-,18-/m0/s1. The Labute approximate surface area is 171 Å². The molecule has 0 bridgehead atoms. The van der Waals surface area contributed by atoms with Crippen LogP contribution in [0.1, 0.15) is 30.6 Å². The Morgan fingerprint density at radius 2 is 1.79 bits per heavy atom. The van der Waals surface area contributed by atoms with Crippen LogP contribution in [0.25, 0.3) is 0 Å². The van der Waals surface area contributed by atoms with Gasteiger partial charge in [-0.2, -0.15) is 0 Å². The molecule has 2 aliphatic rings. The van der Waals surface area contributed by atoms with Crippen molar-refractivity contribution in [2.45, 2.75) is 32.4 Å². The van der Waals surface area contributed by atoms with Gasteiger partial charge in [-0.15, -0.1) is 0 Å². The number of carbonyl (C=O) groups is 2. The normalized spacial score (nSPS) is 23.2. The van der Waals surface area contributed by atoms with Crippen LogP contribution in [0.15, 0.2) is 24.3 Å². The summed E-state index contributed by atoms with van der Waals surface area (Å²) in [6, 6.07) is 4.67. The molecule has 160 valence electrons. The second-order valence-corrected chi connectivity index (χ2v) is 10.5. The third-order valence-corrected chi connectivity index (χ3v) is 7.62. The summed E-state index contributed by atoms with van der Waals surface area (Å²) in [6.45, 7) is 6.25. The van der Waals surface area contributed by atoms with E-state index in [9.17, 15) is 22.4 Å². The van der Waals surface area contributed by atoms with Crippen molar-refractivity contribution >= 4 is 21.7 Å². The summed E-state index contributed by atoms with van der Waals surface area (Å²) in [5.74, 6) is -0.565. The number of sulfone groups is 1. The minimum Gasteiger partial charge on any atom is -0.340 e. The third-order valence-electron chi connectivity index (χ3n) is 5.85. The highest BCUT2D eigenvalue weighted by Gasteiger charge is 2.38. The van der Waals surface area contributed by atoms with Gasteiger partial charge in [-0.3, -0.25) is 9.59 Å². The number of benzene rings is 1. The van der Waals surface area contributed by atoms with E-state index in [-0.39, 0.29) is 29.4 Å². The number of quaternary nitrogens is 1. The summed E-state index contributed by atoms with van der Waals surface area (Å²) < 4.78 is 36.5. The molecular formula is C20H29FN3O4S+. The predicted octanol–water partition coefficient (Wildman–Crippen LogP) is -0.506. The molecule has 0 aliphatic carbocycles. The number of piperazine rings is 1. The van der Waals surface area contributed by atoms with Crippen molar-refractivity contribution in [1.29, 1.82) is 0 Å². The van der Waals surface area contributed by atoms with Crippen LogP contribution in [-0.2, 0) is 14.6 Å². The fourth-order valence-electron chi connectivity index (χ4n) is 4.08. The summed E-state index contributed by atoms with van der Waals surface area (Å²) in [6.07, 6.45) is 0.688. The Bertz CT molecular complexity index is 849. The number of hydrogen-bond donors (Lipinski definition) is 2. The van der Waals surface area contributed by atoms with Gasteiger partial charge in [-0.05, 0) is 30.2 Å². The third kappa shape index (κ3) is 5.33. The number of rotatable bonds is 5. The second-order valence-electron chi connectivity index (χ2n) is 8.29. The molecule has 0 aromatic heterocycles. The molecule has 29 heavy (non-hydrogen) atoms. The van der Waals surface area contributed by atoms with E-state index in [1.165, 1.54) is 29.2 Å². The second kappa shape index (κ2) is 8.79. The van der Waals surface area contributed by atoms with Crippen molar-refractivity contribution in [3.8, 4) is 0 Å². The highest BCUT2D eigenvalue weighted by atomic mass is 32.2. The maximum absolute atomic E-state index is 13.1. The van der Waals surface area contributed by atoms with Gasteiger partial charge in [-0.25, -0.2) is 12.8 Å². The van der Waals surface area contributed by atoms with E-state index >= 15 is 0 Å². The lowest BCUT2D eigenvalue weighted by Gasteiger charge is -2.37. The van der Waals surface area contributed by atoms with Gasteiger partial charge in [0, 0.05) is 12.0 Å². The first-order valence-electron chi connectivity index (χ1n) is 10.1. The fraction of sp³-hybridized carbons (Fsp3) is 0.600. The molecule has 0 unspecified atom stereocenters. The molecule has 2 aliphatic heterocycles. The SMILES string of the molecule is CC(C)[C@H](NC(=O)c1ccc(F)cc1)C(=O)N1CC[NH+]([C@H]2CCS(=O)(=O)C2)CC1. The van der Waals surface area contributed by atoms with Crippen LogP contribution < -0.4 is 10.2 Å². The van der Waals surface area contributed by atoms with Crippen LogP contribution in [0.2, 0.25) is 0 Å². The number of amides is 2. The number of hydrogen-bond acceptors (Lipinski definition) is 4.